The Balaban J connectivity index is 0.000000150. The van der Waals surface area contributed by atoms with E-state index < -0.39 is 0 Å². The molecular weight excluding hydrogens is 1100 g/mol. The molecule has 9 nitrogen and oxygen atoms in total. The van der Waals surface area contributed by atoms with Crippen molar-refractivity contribution in [2.75, 3.05) is 10.6 Å². The first-order valence-corrected chi connectivity index (χ1v) is 30.1. The van der Waals surface area contributed by atoms with Crippen LogP contribution in [0.3, 0.4) is 0 Å². The molecule has 0 bridgehead atoms. The van der Waals surface area contributed by atoms with Gasteiger partial charge in [-0.2, -0.15) is 0 Å². The van der Waals surface area contributed by atoms with Gasteiger partial charge < -0.3 is 15.7 Å². The van der Waals surface area contributed by atoms with Crippen molar-refractivity contribution in [3.05, 3.63) is 338 Å². The zero-order chi connectivity index (χ0) is 60.3. The lowest BCUT2D eigenvalue weighted by Crippen LogP contribution is -2.15. The van der Waals surface area contributed by atoms with E-state index in [0.29, 0.717) is 28.9 Å². The summed E-state index contributed by atoms with van der Waals surface area (Å²) in [7, 11) is 0. The number of imidazole rings is 2. The number of nitrogens with zero attached hydrogens (tertiary/aromatic N) is 5. The summed E-state index contributed by atoms with van der Waals surface area (Å²) in [5.74, 6) is 1.50. The van der Waals surface area contributed by atoms with Crippen molar-refractivity contribution in [3.63, 3.8) is 0 Å². The molecular formula is C81H57N7O2. The summed E-state index contributed by atoms with van der Waals surface area (Å²) < 4.78 is 4.59. The molecule has 3 N–H and O–H groups in total. The fourth-order valence-corrected chi connectivity index (χ4v) is 12.6. The second-order valence-electron chi connectivity index (χ2n) is 22.1. The zero-order valence-corrected chi connectivity index (χ0v) is 48.8. The number of hydrogen-bond donors (Lipinski definition) is 3. The van der Waals surface area contributed by atoms with Crippen LogP contribution in [0, 0.1) is 0 Å². The maximum absolute atomic E-state index is 14.2. The topological polar surface area (TPSA) is 109 Å². The highest BCUT2D eigenvalue weighted by Crippen LogP contribution is 2.46. The molecule has 0 atom stereocenters. The number of aliphatic hydroxyl groups excluding tert-OH is 1. The third-order valence-corrected chi connectivity index (χ3v) is 16.6. The molecule has 0 radical (unpaired) electrons. The number of aliphatic imine (C=N–C) groups is 1. The predicted octanol–water partition coefficient (Wildman–Crippen LogP) is 20.2. The number of hydrogen-bond acceptors (Lipinski definition) is 5. The average Bonchev–Trinajstić information content (AvgIpc) is 1.91. The molecule has 0 saturated heterocycles. The molecule has 0 unspecified atom stereocenters. The molecule has 9 heteroatoms. The predicted molar refractivity (Wildman–Crippen MR) is 372 cm³/mol. The highest BCUT2D eigenvalue weighted by Gasteiger charge is 2.26. The average molecular weight is 1160 g/mol. The van der Waals surface area contributed by atoms with Gasteiger partial charge in [0.15, 0.2) is 0 Å². The van der Waals surface area contributed by atoms with E-state index >= 15 is 0 Å². The summed E-state index contributed by atoms with van der Waals surface area (Å²) >= 11 is 0. The molecule has 1 amide bonds. The van der Waals surface area contributed by atoms with Crippen molar-refractivity contribution in [1.29, 1.82) is 0 Å². The smallest absolute Gasteiger partial charge is 0.256 e. The molecule has 2 aromatic heterocycles. The van der Waals surface area contributed by atoms with Crippen molar-refractivity contribution < 1.29 is 9.90 Å². The lowest BCUT2D eigenvalue weighted by atomic mass is 9.90. The number of benzene rings is 14. The van der Waals surface area contributed by atoms with Crippen LogP contribution in [0.4, 0.5) is 22.7 Å². The minimum atomic E-state index is -0.245. The molecule has 428 valence electrons. The minimum absolute atomic E-state index is 0.0997. The quantitative estimate of drug-likeness (QED) is 0.0641. The van der Waals surface area contributed by atoms with Crippen molar-refractivity contribution in [3.8, 4) is 34.2 Å². The van der Waals surface area contributed by atoms with Crippen molar-refractivity contribution in [2.45, 2.75) is 6.42 Å². The number of para-hydroxylation sites is 10. The third kappa shape index (κ3) is 10.2. The van der Waals surface area contributed by atoms with Gasteiger partial charge in [0.05, 0.1) is 50.3 Å². The van der Waals surface area contributed by atoms with Crippen LogP contribution in [0.15, 0.2) is 320 Å². The van der Waals surface area contributed by atoms with Gasteiger partial charge in [0.1, 0.15) is 11.6 Å². The van der Waals surface area contributed by atoms with Gasteiger partial charge in [0, 0.05) is 28.2 Å². The Morgan fingerprint density at radius 2 is 0.756 bits per heavy atom. The van der Waals surface area contributed by atoms with Gasteiger partial charge in [0.25, 0.3) is 5.91 Å². The Kier molecular flexibility index (Phi) is 14.5. The van der Waals surface area contributed by atoms with Crippen LogP contribution in [0.2, 0.25) is 0 Å². The Labute approximate surface area is 519 Å². The maximum atomic E-state index is 14.2. The third-order valence-electron chi connectivity index (χ3n) is 16.6. The SMILES string of the molecule is O=C(Nc1ccccc1Nc1ccccc1)c1c2ccccc2c(C(O)=Nc2ccccc2Cc2ccccc2)c2ccccc12.c1ccc(-n2c(-c3c4ccccc4c(-c4nc5ccccc5n4-c4ccccc4)c4ccccc34)nc3ccccc32)cc1. The molecule has 0 aliphatic rings. The van der Waals surface area contributed by atoms with E-state index in [0.717, 1.165) is 122 Å². The monoisotopic (exact) mass is 1160 g/mol. The summed E-state index contributed by atoms with van der Waals surface area (Å²) in [5, 5.41) is 25.8. The second kappa shape index (κ2) is 23.9. The molecule has 90 heavy (non-hydrogen) atoms. The van der Waals surface area contributed by atoms with Crippen LogP contribution < -0.4 is 10.6 Å². The lowest BCUT2D eigenvalue weighted by Gasteiger charge is -2.19. The molecule has 0 fully saturated rings. The highest BCUT2D eigenvalue weighted by molar-refractivity contribution is 6.28. The van der Waals surface area contributed by atoms with E-state index in [1.54, 1.807) is 0 Å². The van der Waals surface area contributed by atoms with Crippen molar-refractivity contribution in [1.82, 2.24) is 19.1 Å². The molecule has 0 aliphatic heterocycles. The van der Waals surface area contributed by atoms with E-state index in [-0.39, 0.29) is 11.8 Å². The molecule has 14 aromatic carbocycles. The van der Waals surface area contributed by atoms with Gasteiger partial charge >= 0.3 is 0 Å². The van der Waals surface area contributed by atoms with Crippen molar-refractivity contribution >= 4 is 99.7 Å². The molecule has 2 heterocycles. The number of carbonyl (C=O) groups is 1. The summed E-state index contributed by atoms with van der Waals surface area (Å²) in [6.07, 6.45) is 0.689. The molecule has 16 aromatic rings. The first kappa shape index (κ1) is 54.5. The van der Waals surface area contributed by atoms with Crippen LogP contribution in [-0.2, 0) is 6.42 Å². The lowest BCUT2D eigenvalue weighted by molar-refractivity contribution is 0.102. The van der Waals surface area contributed by atoms with Crippen LogP contribution >= 0.6 is 0 Å². The molecule has 0 spiro atoms. The number of aliphatic hydroxyl groups is 1. The number of rotatable bonds is 12. The van der Waals surface area contributed by atoms with Gasteiger partial charge in [-0.1, -0.05) is 237 Å². The van der Waals surface area contributed by atoms with Crippen LogP contribution in [-0.4, -0.2) is 36.0 Å². The Morgan fingerprint density at radius 3 is 1.26 bits per heavy atom. The first-order chi connectivity index (χ1) is 44.5. The summed E-state index contributed by atoms with van der Waals surface area (Å²) in [5.41, 5.74) is 14.8. The molecule has 0 aliphatic carbocycles. The zero-order valence-electron chi connectivity index (χ0n) is 48.8. The largest absolute Gasteiger partial charge is 0.493 e. The summed E-state index contributed by atoms with van der Waals surface area (Å²) in [6.45, 7) is 0. The number of nitrogens with one attached hydrogen (secondary N) is 2. The van der Waals surface area contributed by atoms with Crippen molar-refractivity contribution in [2.24, 2.45) is 4.99 Å². The maximum Gasteiger partial charge on any atom is 0.256 e. The summed E-state index contributed by atoms with van der Waals surface area (Å²) in [6, 6.07) is 106. The Hall–Kier alpha value is -12.2. The standard InChI is InChI=1S/C41H31N3O2.C40H26N4/c45-40(43-35-24-12-7-17-29(35)27-28-15-3-1-4-16-28)38-31-20-8-10-22-33(31)39(34-23-11-9-21-32(34)38)41(46)44-37-26-14-13-25-36(37)42-30-18-5-2-6-19-30;1-3-15-27(16-4-1)43-35-25-13-11-23-33(35)41-39(43)37-29-19-7-9-21-31(29)38(32-22-10-8-20-30(32)37)40-42-34-24-12-14-26-36(34)44(40)28-17-5-2-6-18-28/h1-26,42H,27H2,(H,43,45)(H,44,46);1-26H. The second-order valence-corrected chi connectivity index (χ2v) is 22.1. The molecule has 0 saturated carbocycles. The fraction of sp³-hybridized carbons (Fsp3) is 0.0123. The first-order valence-electron chi connectivity index (χ1n) is 30.1. The number of amides is 1. The Morgan fingerprint density at radius 1 is 0.378 bits per heavy atom. The number of carbonyl (C=O) groups excluding carboxylic acids is 1. The van der Waals surface area contributed by atoms with Gasteiger partial charge in [-0.3, -0.25) is 13.9 Å². The van der Waals surface area contributed by atoms with Gasteiger partial charge in [-0.15, -0.1) is 0 Å². The van der Waals surface area contributed by atoms with E-state index in [1.807, 2.05) is 146 Å². The van der Waals surface area contributed by atoms with E-state index in [1.165, 1.54) is 0 Å². The van der Waals surface area contributed by atoms with Gasteiger partial charge in [0.2, 0.25) is 5.90 Å². The van der Waals surface area contributed by atoms with Crippen LogP contribution in [0.25, 0.3) is 99.3 Å². The minimum Gasteiger partial charge on any atom is -0.493 e. The van der Waals surface area contributed by atoms with Crippen LogP contribution in [0.1, 0.15) is 27.0 Å². The number of anilines is 3. The number of aromatic nitrogens is 4. The van der Waals surface area contributed by atoms with Crippen LogP contribution in [0.5, 0.6) is 0 Å². The Bertz CT molecular complexity index is 5080. The van der Waals surface area contributed by atoms with E-state index in [9.17, 15) is 9.90 Å². The molecule has 16 rings (SSSR count). The number of fused-ring (bicyclic) bond motifs is 6. The van der Waals surface area contributed by atoms with E-state index in [2.05, 4.69) is 190 Å². The van der Waals surface area contributed by atoms with E-state index in [4.69, 9.17) is 15.0 Å². The van der Waals surface area contributed by atoms with Gasteiger partial charge in [-0.05, 0) is 140 Å². The van der Waals surface area contributed by atoms with Gasteiger partial charge in [-0.25, -0.2) is 15.0 Å². The normalized spacial score (nSPS) is 11.5. The summed E-state index contributed by atoms with van der Waals surface area (Å²) in [4.78, 5) is 29.6. The highest BCUT2D eigenvalue weighted by atomic mass is 16.3. The fourth-order valence-electron chi connectivity index (χ4n) is 12.6.